The molecule has 1 aromatic heterocycles. The highest BCUT2D eigenvalue weighted by Gasteiger charge is 2.29. The molecule has 1 saturated heterocycles. The van der Waals surface area contributed by atoms with E-state index in [0.717, 1.165) is 16.4 Å². The van der Waals surface area contributed by atoms with E-state index >= 15 is 0 Å². The van der Waals surface area contributed by atoms with Gasteiger partial charge in [-0.3, -0.25) is 4.79 Å². The maximum Gasteiger partial charge on any atom is 0.273 e. The highest BCUT2D eigenvalue weighted by molar-refractivity contribution is 7.89. The zero-order valence-corrected chi connectivity index (χ0v) is 16.7. The Morgan fingerprint density at radius 2 is 1.90 bits per heavy atom. The monoisotopic (exact) mass is 437 g/mol. The molecule has 1 amide bonds. The Labute approximate surface area is 171 Å². The van der Waals surface area contributed by atoms with E-state index in [2.05, 4.69) is 10.3 Å². The Balaban J connectivity index is 1.63. The van der Waals surface area contributed by atoms with E-state index in [4.69, 9.17) is 16.3 Å². The third kappa shape index (κ3) is 3.74. The lowest BCUT2D eigenvalue weighted by Gasteiger charge is -2.26. The fourth-order valence-electron chi connectivity index (χ4n) is 3.16. The van der Waals surface area contributed by atoms with Crippen LogP contribution in [0.25, 0.3) is 10.9 Å². The van der Waals surface area contributed by atoms with E-state index in [1.165, 1.54) is 6.07 Å². The zero-order valence-electron chi connectivity index (χ0n) is 15.1. The van der Waals surface area contributed by atoms with Crippen LogP contribution in [-0.4, -0.2) is 49.9 Å². The first kappa shape index (κ1) is 19.8. The summed E-state index contributed by atoms with van der Waals surface area (Å²) >= 11 is 6.28. The van der Waals surface area contributed by atoms with Crippen molar-refractivity contribution in [2.75, 3.05) is 31.6 Å². The molecule has 0 spiro atoms. The molecule has 3 aromatic rings. The van der Waals surface area contributed by atoms with Crippen LogP contribution in [0.1, 0.15) is 10.5 Å². The first-order valence-electron chi connectivity index (χ1n) is 8.83. The van der Waals surface area contributed by atoms with Crippen molar-refractivity contribution in [3.05, 3.63) is 59.0 Å². The molecule has 0 unspecified atom stereocenters. The second-order valence-corrected chi connectivity index (χ2v) is 8.76. The Morgan fingerprint density at radius 1 is 1.17 bits per heavy atom. The number of fused-ring (bicyclic) bond motifs is 1. The topological polar surface area (TPSA) is 91.5 Å². The number of ether oxygens (including phenoxy) is 1. The van der Waals surface area contributed by atoms with E-state index in [9.17, 15) is 17.6 Å². The van der Waals surface area contributed by atoms with E-state index < -0.39 is 26.6 Å². The number of aromatic amines is 1. The van der Waals surface area contributed by atoms with Crippen LogP contribution in [-0.2, 0) is 14.8 Å². The number of morpholine rings is 1. The van der Waals surface area contributed by atoms with Crippen molar-refractivity contribution in [2.24, 2.45) is 0 Å². The number of anilines is 1. The molecule has 0 bridgehead atoms. The molecule has 10 heteroatoms. The SMILES string of the molecule is O=C(Nc1ccc(F)c(S(=O)(=O)N2CCOCC2)c1)c1[nH]c2ccccc2c1Cl. The van der Waals surface area contributed by atoms with E-state index in [1.54, 1.807) is 24.3 Å². The molecule has 0 atom stereocenters. The Kier molecular flexibility index (Phi) is 5.30. The van der Waals surface area contributed by atoms with Crippen LogP contribution in [0.2, 0.25) is 5.02 Å². The zero-order chi connectivity index (χ0) is 20.6. The molecule has 2 heterocycles. The fourth-order valence-corrected chi connectivity index (χ4v) is 4.96. The van der Waals surface area contributed by atoms with Gasteiger partial charge >= 0.3 is 0 Å². The van der Waals surface area contributed by atoms with Crippen molar-refractivity contribution in [1.82, 2.24) is 9.29 Å². The number of amides is 1. The minimum absolute atomic E-state index is 0.134. The second kappa shape index (κ2) is 7.75. The summed E-state index contributed by atoms with van der Waals surface area (Å²) in [5, 5.41) is 3.51. The number of H-pyrrole nitrogens is 1. The minimum atomic E-state index is -4.05. The number of halogens is 2. The number of hydrogen-bond acceptors (Lipinski definition) is 4. The number of benzene rings is 2. The molecule has 2 aromatic carbocycles. The van der Waals surface area contributed by atoms with Crippen LogP contribution in [0.4, 0.5) is 10.1 Å². The largest absolute Gasteiger partial charge is 0.379 e. The van der Waals surface area contributed by atoms with Crippen molar-refractivity contribution in [2.45, 2.75) is 4.90 Å². The van der Waals surface area contributed by atoms with Crippen molar-refractivity contribution in [3.63, 3.8) is 0 Å². The molecule has 7 nitrogen and oxygen atoms in total. The predicted octanol–water partition coefficient (Wildman–Crippen LogP) is 3.23. The molecule has 4 rings (SSSR count). The number of rotatable bonds is 4. The molecular weight excluding hydrogens is 421 g/mol. The molecule has 0 aliphatic carbocycles. The molecule has 1 aliphatic heterocycles. The lowest BCUT2D eigenvalue weighted by Crippen LogP contribution is -2.40. The molecule has 152 valence electrons. The average Bonchev–Trinajstić information content (AvgIpc) is 3.07. The van der Waals surface area contributed by atoms with Crippen molar-refractivity contribution >= 4 is 44.1 Å². The van der Waals surface area contributed by atoms with Crippen LogP contribution in [0, 0.1) is 5.82 Å². The van der Waals surface area contributed by atoms with Gasteiger partial charge in [0.05, 0.1) is 18.2 Å². The van der Waals surface area contributed by atoms with Crippen LogP contribution in [0.3, 0.4) is 0 Å². The highest BCUT2D eigenvalue weighted by atomic mass is 35.5. The van der Waals surface area contributed by atoms with Crippen LogP contribution < -0.4 is 5.32 Å². The molecule has 1 aliphatic rings. The number of para-hydroxylation sites is 1. The molecular formula is C19H17ClFN3O4S. The number of nitrogens with one attached hydrogen (secondary N) is 2. The van der Waals surface area contributed by atoms with Crippen molar-refractivity contribution in [3.8, 4) is 0 Å². The summed E-state index contributed by atoms with van der Waals surface area (Å²) in [4.78, 5) is 15.1. The Bertz CT molecular complexity index is 1190. The molecule has 0 saturated carbocycles. The first-order valence-corrected chi connectivity index (χ1v) is 10.6. The third-order valence-corrected chi connectivity index (χ3v) is 6.95. The number of carbonyl (C=O) groups excluding carboxylic acids is 1. The normalized spacial score (nSPS) is 15.5. The van der Waals surface area contributed by atoms with Gasteiger partial charge in [0.2, 0.25) is 10.0 Å². The Morgan fingerprint density at radius 3 is 2.62 bits per heavy atom. The van der Waals surface area contributed by atoms with Crippen molar-refractivity contribution in [1.29, 1.82) is 0 Å². The molecule has 29 heavy (non-hydrogen) atoms. The van der Waals surface area contributed by atoms with Crippen LogP contribution >= 0.6 is 11.6 Å². The minimum Gasteiger partial charge on any atom is -0.379 e. The predicted molar refractivity (Wildman–Crippen MR) is 107 cm³/mol. The van der Waals surface area contributed by atoms with Gasteiger partial charge in [0, 0.05) is 29.7 Å². The van der Waals surface area contributed by atoms with Gasteiger partial charge in [0.25, 0.3) is 5.91 Å². The van der Waals surface area contributed by atoms with E-state index in [0.29, 0.717) is 10.9 Å². The molecule has 0 radical (unpaired) electrons. The van der Waals surface area contributed by atoms with Gasteiger partial charge in [0.1, 0.15) is 16.4 Å². The van der Waals surface area contributed by atoms with E-state index in [1.807, 2.05) is 0 Å². The maximum absolute atomic E-state index is 14.3. The second-order valence-electron chi connectivity index (χ2n) is 6.48. The average molecular weight is 438 g/mol. The maximum atomic E-state index is 14.3. The molecule has 2 N–H and O–H groups in total. The first-order chi connectivity index (χ1) is 13.9. The third-order valence-electron chi connectivity index (χ3n) is 4.65. The van der Waals surface area contributed by atoms with Gasteiger partial charge in [-0.2, -0.15) is 4.31 Å². The van der Waals surface area contributed by atoms with Gasteiger partial charge in [-0.1, -0.05) is 29.8 Å². The summed E-state index contributed by atoms with van der Waals surface area (Å²) in [5.74, 6) is -1.45. The number of aromatic nitrogens is 1. The van der Waals surface area contributed by atoms with Crippen LogP contribution in [0.5, 0.6) is 0 Å². The summed E-state index contributed by atoms with van der Waals surface area (Å²) in [5.41, 5.74) is 0.963. The lowest BCUT2D eigenvalue weighted by atomic mass is 10.2. The fraction of sp³-hybridized carbons (Fsp3) is 0.211. The number of hydrogen-bond donors (Lipinski definition) is 2. The number of nitrogens with zero attached hydrogens (tertiary/aromatic N) is 1. The van der Waals surface area contributed by atoms with Crippen LogP contribution in [0.15, 0.2) is 47.4 Å². The summed E-state index contributed by atoms with van der Waals surface area (Å²) in [6.45, 7) is 0.776. The van der Waals surface area contributed by atoms with Gasteiger partial charge in [-0.05, 0) is 24.3 Å². The highest BCUT2D eigenvalue weighted by Crippen LogP contribution is 2.29. The van der Waals surface area contributed by atoms with Gasteiger partial charge in [-0.25, -0.2) is 12.8 Å². The smallest absolute Gasteiger partial charge is 0.273 e. The number of sulfonamides is 1. The summed E-state index contributed by atoms with van der Waals surface area (Å²) in [6.07, 6.45) is 0. The summed E-state index contributed by atoms with van der Waals surface area (Å²) in [7, 11) is -4.05. The summed E-state index contributed by atoms with van der Waals surface area (Å²) < 4.78 is 46.2. The Hall–Kier alpha value is -2.46. The van der Waals surface area contributed by atoms with E-state index in [-0.39, 0.29) is 42.7 Å². The van der Waals surface area contributed by atoms with Gasteiger partial charge in [0.15, 0.2) is 0 Å². The quantitative estimate of drug-likeness (QED) is 0.655. The lowest BCUT2D eigenvalue weighted by molar-refractivity contribution is 0.0729. The molecule has 1 fully saturated rings. The van der Waals surface area contributed by atoms with Crippen molar-refractivity contribution < 1.29 is 22.3 Å². The van der Waals surface area contributed by atoms with Gasteiger partial charge in [-0.15, -0.1) is 0 Å². The summed E-state index contributed by atoms with van der Waals surface area (Å²) in [6, 6.07) is 10.6. The van der Waals surface area contributed by atoms with Gasteiger partial charge < -0.3 is 15.0 Å². The standard InChI is InChI=1S/C19H17ClFN3O4S/c20-17-13-3-1-2-4-15(13)23-18(17)19(25)22-12-5-6-14(21)16(11-12)29(26,27)24-7-9-28-10-8-24/h1-6,11,23H,7-10H2,(H,22,25). The number of carbonyl (C=O) groups is 1.